The molecule has 124 valence electrons. The van der Waals surface area contributed by atoms with Crippen LogP contribution in [-0.4, -0.2) is 24.5 Å². The van der Waals surface area contributed by atoms with Crippen LogP contribution >= 0.6 is 0 Å². The average molecular weight is 318 g/mol. The van der Waals surface area contributed by atoms with E-state index in [2.05, 4.69) is 17.2 Å². The molecule has 1 saturated carbocycles. The topological polar surface area (TPSA) is 58.2 Å². The molecule has 0 saturated heterocycles. The van der Waals surface area contributed by atoms with E-state index in [9.17, 15) is 14.0 Å². The Hall–Kier alpha value is -2.17. The Kier molecular flexibility index (Phi) is 6.32. The van der Waals surface area contributed by atoms with Crippen LogP contribution in [0.2, 0.25) is 0 Å². The maximum absolute atomic E-state index is 14.1. The predicted molar refractivity (Wildman–Crippen MR) is 89.1 cm³/mol. The number of alkyl halides is 1. The van der Waals surface area contributed by atoms with Crippen LogP contribution in [-0.2, 0) is 4.79 Å². The van der Waals surface area contributed by atoms with E-state index in [0.717, 1.165) is 25.7 Å². The number of rotatable bonds is 6. The minimum absolute atomic E-state index is 0.0540. The minimum Gasteiger partial charge on any atom is -0.349 e. The van der Waals surface area contributed by atoms with Gasteiger partial charge >= 0.3 is 0 Å². The molecule has 4 nitrogen and oxygen atoms in total. The van der Waals surface area contributed by atoms with Crippen molar-refractivity contribution in [1.82, 2.24) is 5.32 Å². The number of anilines is 1. The molecule has 0 bridgehead atoms. The van der Waals surface area contributed by atoms with Crippen molar-refractivity contribution in [3.8, 4) is 0 Å². The zero-order valence-electron chi connectivity index (χ0n) is 13.2. The molecule has 5 heteroatoms. The van der Waals surface area contributed by atoms with Gasteiger partial charge in [0.05, 0.1) is 0 Å². The molecule has 2 N–H and O–H groups in total. The summed E-state index contributed by atoms with van der Waals surface area (Å²) in [6, 6.07) is 6.46. The molecule has 0 radical (unpaired) electrons. The lowest BCUT2D eigenvalue weighted by molar-refractivity contribution is -0.111. The molecule has 1 aliphatic carbocycles. The standard InChI is InChI=1S/C18H23FN2O2/c1-2-17(22)21-15-10-8-14(9-11-15)18(23)20-12-16(19)13-6-4-3-5-7-13/h2,8-11,13,16H,1,3-7,12H2,(H,20,23)(H,21,22). The summed E-state index contributed by atoms with van der Waals surface area (Å²) < 4.78 is 14.1. The van der Waals surface area contributed by atoms with Gasteiger partial charge in [-0.05, 0) is 49.1 Å². The third-order valence-corrected chi connectivity index (χ3v) is 4.22. The van der Waals surface area contributed by atoms with Gasteiger partial charge in [-0.3, -0.25) is 9.59 Å². The number of carbonyl (C=O) groups is 2. The number of halogens is 1. The molecule has 23 heavy (non-hydrogen) atoms. The average Bonchev–Trinajstić information content (AvgIpc) is 2.60. The summed E-state index contributed by atoms with van der Waals surface area (Å²) in [6.45, 7) is 3.42. The molecule has 1 atom stereocenters. The molecular formula is C18H23FN2O2. The number of benzene rings is 1. The SMILES string of the molecule is C=CC(=O)Nc1ccc(C(=O)NCC(F)C2CCCCC2)cc1. The van der Waals surface area contributed by atoms with E-state index in [-0.39, 0.29) is 24.3 Å². The molecule has 0 heterocycles. The van der Waals surface area contributed by atoms with Gasteiger partial charge < -0.3 is 10.6 Å². The third kappa shape index (κ3) is 5.20. The van der Waals surface area contributed by atoms with Crippen molar-refractivity contribution in [2.24, 2.45) is 5.92 Å². The van der Waals surface area contributed by atoms with Gasteiger partial charge in [-0.1, -0.05) is 25.8 Å². The number of amides is 2. The maximum atomic E-state index is 14.1. The van der Waals surface area contributed by atoms with Crippen molar-refractivity contribution in [1.29, 1.82) is 0 Å². The molecule has 1 unspecified atom stereocenters. The number of nitrogens with one attached hydrogen (secondary N) is 2. The first-order valence-electron chi connectivity index (χ1n) is 8.06. The summed E-state index contributed by atoms with van der Waals surface area (Å²) in [5, 5.41) is 5.25. The Bertz CT molecular complexity index is 551. The highest BCUT2D eigenvalue weighted by atomic mass is 19.1. The van der Waals surface area contributed by atoms with Gasteiger partial charge in [0, 0.05) is 17.8 Å². The minimum atomic E-state index is -0.981. The largest absolute Gasteiger partial charge is 0.349 e. The highest BCUT2D eigenvalue weighted by Crippen LogP contribution is 2.27. The van der Waals surface area contributed by atoms with Crippen LogP contribution in [0.3, 0.4) is 0 Å². The van der Waals surface area contributed by atoms with E-state index < -0.39 is 6.17 Å². The third-order valence-electron chi connectivity index (χ3n) is 4.22. The Labute approximate surface area is 136 Å². The van der Waals surface area contributed by atoms with Crippen LogP contribution in [0.4, 0.5) is 10.1 Å². The molecule has 1 aromatic carbocycles. The Morgan fingerprint density at radius 3 is 2.48 bits per heavy atom. The quantitative estimate of drug-likeness (QED) is 0.789. The number of carbonyl (C=O) groups excluding carboxylic acids is 2. The fourth-order valence-corrected chi connectivity index (χ4v) is 2.85. The molecule has 0 aromatic heterocycles. The Morgan fingerprint density at radius 1 is 1.22 bits per heavy atom. The lowest BCUT2D eigenvalue weighted by atomic mass is 9.86. The molecule has 1 aromatic rings. The maximum Gasteiger partial charge on any atom is 0.251 e. The van der Waals surface area contributed by atoms with Crippen molar-refractivity contribution in [2.75, 3.05) is 11.9 Å². The summed E-state index contributed by atoms with van der Waals surface area (Å²) in [7, 11) is 0. The second kappa shape index (κ2) is 8.46. The smallest absolute Gasteiger partial charge is 0.251 e. The van der Waals surface area contributed by atoms with E-state index in [4.69, 9.17) is 0 Å². The summed E-state index contributed by atoms with van der Waals surface area (Å²) >= 11 is 0. The molecule has 0 spiro atoms. The number of hydrogen-bond acceptors (Lipinski definition) is 2. The predicted octanol–water partition coefficient (Wildman–Crippen LogP) is 3.46. The van der Waals surface area contributed by atoms with Gasteiger partial charge in [-0.2, -0.15) is 0 Å². The van der Waals surface area contributed by atoms with Crippen molar-refractivity contribution < 1.29 is 14.0 Å². The highest BCUT2D eigenvalue weighted by molar-refractivity contribution is 5.99. The number of hydrogen-bond donors (Lipinski definition) is 2. The van der Waals surface area contributed by atoms with E-state index in [1.807, 2.05) is 0 Å². The van der Waals surface area contributed by atoms with Crippen LogP contribution < -0.4 is 10.6 Å². The summed E-state index contributed by atoms with van der Waals surface area (Å²) in [6.07, 6.45) is 5.36. The lowest BCUT2D eigenvalue weighted by Crippen LogP contribution is -2.34. The Balaban J connectivity index is 1.82. The lowest BCUT2D eigenvalue weighted by Gasteiger charge is -2.25. The normalized spacial score (nSPS) is 16.4. The van der Waals surface area contributed by atoms with Crippen LogP contribution in [0.15, 0.2) is 36.9 Å². The van der Waals surface area contributed by atoms with Gasteiger partial charge in [-0.25, -0.2) is 4.39 Å². The zero-order chi connectivity index (χ0) is 16.7. The molecule has 1 fully saturated rings. The fourth-order valence-electron chi connectivity index (χ4n) is 2.85. The molecule has 1 aliphatic rings. The van der Waals surface area contributed by atoms with Gasteiger partial charge in [-0.15, -0.1) is 0 Å². The summed E-state index contributed by atoms with van der Waals surface area (Å²) in [4.78, 5) is 23.2. The first kappa shape index (κ1) is 17.2. The van der Waals surface area contributed by atoms with Crippen LogP contribution in [0.5, 0.6) is 0 Å². The molecule has 2 amide bonds. The monoisotopic (exact) mass is 318 g/mol. The van der Waals surface area contributed by atoms with Crippen LogP contribution in [0.1, 0.15) is 42.5 Å². The van der Waals surface area contributed by atoms with Gasteiger partial charge in [0.1, 0.15) is 6.17 Å². The van der Waals surface area contributed by atoms with Crippen molar-refractivity contribution >= 4 is 17.5 Å². The van der Waals surface area contributed by atoms with E-state index in [0.29, 0.717) is 11.3 Å². The van der Waals surface area contributed by atoms with E-state index >= 15 is 0 Å². The van der Waals surface area contributed by atoms with E-state index in [1.165, 1.54) is 12.5 Å². The highest BCUT2D eigenvalue weighted by Gasteiger charge is 2.23. The molecular weight excluding hydrogens is 295 g/mol. The first-order valence-corrected chi connectivity index (χ1v) is 8.06. The van der Waals surface area contributed by atoms with E-state index in [1.54, 1.807) is 24.3 Å². The first-order chi connectivity index (χ1) is 11.1. The van der Waals surface area contributed by atoms with Crippen LogP contribution in [0, 0.1) is 5.92 Å². The summed E-state index contributed by atoms with van der Waals surface area (Å²) in [5.41, 5.74) is 1.02. The summed E-state index contributed by atoms with van der Waals surface area (Å²) in [5.74, 6) is -0.541. The van der Waals surface area contributed by atoms with Gasteiger partial charge in [0.15, 0.2) is 0 Å². The second-order valence-electron chi connectivity index (χ2n) is 5.89. The Morgan fingerprint density at radius 2 is 1.87 bits per heavy atom. The van der Waals surface area contributed by atoms with Crippen molar-refractivity contribution in [3.05, 3.63) is 42.5 Å². The zero-order valence-corrected chi connectivity index (χ0v) is 13.2. The fraction of sp³-hybridized carbons (Fsp3) is 0.444. The van der Waals surface area contributed by atoms with Crippen molar-refractivity contribution in [3.63, 3.8) is 0 Å². The van der Waals surface area contributed by atoms with Gasteiger partial charge in [0.2, 0.25) is 5.91 Å². The van der Waals surface area contributed by atoms with Crippen molar-refractivity contribution in [2.45, 2.75) is 38.3 Å². The second-order valence-corrected chi connectivity index (χ2v) is 5.89. The molecule has 2 rings (SSSR count). The van der Waals surface area contributed by atoms with Gasteiger partial charge in [0.25, 0.3) is 5.91 Å². The van der Waals surface area contributed by atoms with Crippen LogP contribution in [0.25, 0.3) is 0 Å². The molecule has 0 aliphatic heterocycles.